The van der Waals surface area contributed by atoms with Gasteiger partial charge in [-0.25, -0.2) is 0 Å². The van der Waals surface area contributed by atoms with Crippen molar-refractivity contribution in [3.63, 3.8) is 0 Å². The molecule has 0 aromatic heterocycles. The molecular formula is C8H12. The van der Waals surface area contributed by atoms with Crippen molar-refractivity contribution >= 4 is 0 Å². The van der Waals surface area contributed by atoms with E-state index in [1.54, 1.807) is 0 Å². The molecule has 1 aliphatic rings. The monoisotopic (exact) mass is 108 g/mol. The molecule has 0 N–H and O–H groups in total. The van der Waals surface area contributed by atoms with Gasteiger partial charge in [0, 0.05) is 0 Å². The first kappa shape index (κ1) is 5.87. The van der Waals surface area contributed by atoms with Crippen LogP contribution < -0.4 is 0 Å². The minimum Gasteiger partial charge on any atom is -0.0617 e. The molecule has 0 amide bonds. The van der Waals surface area contributed by atoms with E-state index in [0.29, 0.717) is 0 Å². The molecule has 0 aliphatic heterocycles. The van der Waals surface area contributed by atoms with Crippen molar-refractivity contribution in [1.29, 1.82) is 0 Å². The van der Waals surface area contributed by atoms with Gasteiger partial charge in [-0.1, -0.05) is 18.4 Å². The molecule has 1 rings (SSSR count). The molecule has 1 saturated carbocycles. The zero-order chi connectivity index (χ0) is 5.82. The second kappa shape index (κ2) is 2.91. The lowest BCUT2D eigenvalue weighted by molar-refractivity contribution is 0.702. The fourth-order valence-corrected chi connectivity index (χ4v) is 1.16. The quantitative estimate of drug-likeness (QED) is 0.418. The van der Waals surface area contributed by atoms with Gasteiger partial charge < -0.3 is 0 Å². The van der Waals surface area contributed by atoms with E-state index in [9.17, 15) is 0 Å². The van der Waals surface area contributed by atoms with E-state index in [1.165, 1.54) is 25.7 Å². The van der Waals surface area contributed by atoms with Gasteiger partial charge in [-0.2, -0.15) is 0 Å². The van der Waals surface area contributed by atoms with Crippen LogP contribution in [0.15, 0.2) is 5.57 Å². The summed E-state index contributed by atoms with van der Waals surface area (Å²) in [6, 6.07) is 0. The zero-order valence-corrected chi connectivity index (χ0v) is 5.24. The predicted molar refractivity (Wildman–Crippen MR) is 34.5 cm³/mol. The van der Waals surface area contributed by atoms with Crippen LogP contribution in [0.1, 0.15) is 38.5 Å². The van der Waals surface area contributed by atoms with Crippen LogP contribution >= 0.6 is 0 Å². The lowest BCUT2D eigenvalue weighted by atomic mass is 10.1. The first-order valence-electron chi connectivity index (χ1n) is 3.46. The van der Waals surface area contributed by atoms with E-state index in [0.717, 1.165) is 18.4 Å². The maximum atomic E-state index is 7.33. The molecule has 0 heteroatoms. The van der Waals surface area contributed by atoms with E-state index >= 15 is 0 Å². The van der Waals surface area contributed by atoms with Gasteiger partial charge in [0.05, 0.1) is 0 Å². The Labute approximate surface area is 51.6 Å². The number of hydrogen-bond acceptors (Lipinski definition) is 0. The highest BCUT2D eigenvalue weighted by Crippen LogP contribution is 2.19. The van der Waals surface area contributed by atoms with Crippen molar-refractivity contribution in [2.75, 3.05) is 0 Å². The van der Waals surface area contributed by atoms with E-state index in [4.69, 9.17) is 6.58 Å². The third-order valence-corrected chi connectivity index (χ3v) is 1.71. The lowest BCUT2D eigenvalue weighted by Crippen LogP contribution is -1.74. The fourth-order valence-electron chi connectivity index (χ4n) is 1.16. The summed E-state index contributed by atoms with van der Waals surface area (Å²) in [5.41, 5.74) is 0.975. The summed E-state index contributed by atoms with van der Waals surface area (Å²) in [5.74, 6) is 0. The van der Waals surface area contributed by atoms with E-state index in [2.05, 4.69) is 0 Å². The topological polar surface area (TPSA) is 0 Å². The van der Waals surface area contributed by atoms with Gasteiger partial charge in [0.2, 0.25) is 0 Å². The second-order valence-corrected chi connectivity index (χ2v) is 2.52. The zero-order valence-electron chi connectivity index (χ0n) is 5.24. The molecule has 0 nitrogen and oxygen atoms in total. The molecular weight excluding hydrogens is 96.1 g/mol. The summed E-state index contributed by atoms with van der Waals surface area (Å²) in [6.07, 6.45) is 7.36. The van der Waals surface area contributed by atoms with Crippen molar-refractivity contribution in [3.8, 4) is 0 Å². The van der Waals surface area contributed by atoms with Gasteiger partial charge in [-0.15, -0.1) is 0 Å². The van der Waals surface area contributed by atoms with Crippen LogP contribution in [-0.4, -0.2) is 0 Å². The average Bonchev–Trinajstić information content (AvgIpc) is 1.94. The Morgan fingerprint density at radius 3 is 1.88 bits per heavy atom. The largest absolute Gasteiger partial charge is 0.0617 e. The summed E-state index contributed by atoms with van der Waals surface area (Å²) < 4.78 is 0. The minimum atomic E-state index is 0.975. The summed E-state index contributed by atoms with van der Waals surface area (Å²) in [7, 11) is 0. The molecule has 44 valence electrons. The standard InChI is InChI=1S/C8H12/c1-8-6-4-2-3-5-7-8/h2-7H2. The van der Waals surface area contributed by atoms with Gasteiger partial charge in [0.15, 0.2) is 0 Å². The molecule has 8 heavy (non-hydrogen) atoms. The SMILES string of the molecule is [C]=C1CCCCCC1. The van der Waals surface area contributed by atoms with Crippen LogP contribution in [0.5, 0.6) is 0 Å². The van der Waals surface area contributed by atoms with Gasteiger partial charge in [0.25, 0.3) is 0 Å². The van der Waals surface area contributed by atoms with Crippen LogP contribution in [-0.2, 0) is 0 Å². The Morgan fingerprint density at radius 1 is 0.875 bits per heavy atom. The summed E-state index contributed by atoms with van der Waals surface area (Å²) >= 11 is 0. The number of hydrogen-bond donors (Lipinski definition) is 0. The first-order chi connectivity index (χ1) is 3.89. The highest BCUT2D eigenvalue weighted by Gasteiger charge is 2.00. The highest BCUT2D eigenvalue weighted by atomic mass is 14.1. The Kier molecular flexibility index (Phi) is 2.13. The van der Waals surface area contributed by atoms with E-state index in [-0.39, 0.29) is 0 Å². The fraction of sp³-hybridized carbons (Fsp3) is 0.750. The Bertz CT molecular complexity index is 72.0. The molecule has 0 heterocycles. The molecule has 0 spiro atoms. The van der Waals surface area contributed by atoms with Crippen molar-refractivity contribution in [3.05, 3.63) is 12.2 Å². The van der Waals surface area contributed by atoms with Crippen LogP contribution in [0.3, 0.4) is 0 Å². The summed E-state index contributed by atoms with van der Waals surface area (Å²) in [6.45, 7) is 7.33. The third-order valence-electron chi connectivity index (χ3n) is 1.71. The van der Waals surface area contributed by atoms with Gasteiger partial charge >= 0.3 is 0 Å². The lowest BCUT2D eigenvalue weighted by Gasteiger charge is -1.93. The average molecular weight is 108 g/mol. The van der Waals surface area contributed by atoms with E-state index < -0.39 is 0 Å². The molecule has 1 fully saturated rings. The van der Waals surface area contributed by atoms with Crippen molar-refractivity contribution in [2.24, 2.45) is 0 Å². The molecule has 2 radical (unpaired) electrons. The molecule has 0 aromatic carbocycles. The smallest absolute Gasteiger partial charge is 0.0108 e. The summed E-state index contributed by atoms with van der Waals surface area (Å²) in [5, 5.41) is 0. The van der Waals surface area contributed by atoms with Gasteiger partial charge in [-0.3, -0.25) is 0 Å². The number of rotatable bonds is 0. The van der Waals surface area contributed by atoms with Crippen LogP contribution in [0.4, 0.5) is 0 Å². The molecule has 1 aliphatic carbocycles. The second-order valence-electron chi connectivity index (χ2n) is 2.52. The van der Waals surface area contributed by atoms with Crippen LogP contribution in [0.2, 0.25) is 0 Å². The molecule has 0 saturated heterocycles. The Balaban J connectivity index is 2.27. The summed E-state index contributed by atoms with van der Waals surface area (Å²) in [4.78, 5) is 0. The Hall–Kier alpha value is -0.260. The van der Waals surface area contributed by atoms with Crippen LogP contribution in [0, 0.1) is 6.58 Å². The van der Waals surface area contributed by atoms with Crippen molar-refractivity contribution < 1.29 is 0 Å². The number of allylic oxidation sites excluding steroid dienone is 1. The van der Waals surface area contributed by atoms with Crippen LogP contribution in [0.25, 0.3) is 0 Å². The van der Waals surface area contributed by atoms with Crippen molar-refractivity contribution in [2.45, 2.75) is 38.5 Å². The Morgan fingerprint density at radius 2 is 1.38 bits per heavy atom. The third kappa shape index (κ3) is 1.69. The van der Waals surface area contributed by atoms with Gasteiger partial charge in [0.1, 0.15) is 0 Å². The normalized spacial score (nSPS) is 22.8. The van der Waals surface area contributed by atoms with Crippen molar-refractivity contribution in [1.82, 2.24) is 0 Å². The molecule has 0 atom stereocenters. The van der Waals surface area contributed by atoms with E-state index in [1.807, 2.05) is 0 Å². The maximum absolute atomic E-state index is 7.33. The first-order valence-corrected chi connectivity index (χ1v) is 3.46. The van der Waals surface area contributed by atoms with Gasteiger partial charge in [-0.05, 0) is 32.3 Å². The maximum Gasteiger partial charge on any atom is -0.0108 e. The predicted octanol–water partition coefficient (Wildman–Crippen LogP) is 2.58. The molecule has 0 aromatic rings. The minimum absolute atomic E-state index is 0.975. The highest BCUT2D eigenvalue weighted by molar-refractivity contribution is 4.91. The molecule has 0 bridgehead atoms. The molecule has 0 unspecified atom stereocenters.